The molecule has 60 valence electrons. The zero-order chi connectivity index (χ0) is 7.82. The van der Waals surface area contributed by atoms with E-state index < -0.39 is 0 Å². The van der Waals surface area contributed by atoms with Crippen LogP contribution in [0.5, 0.6) is 0 Å². The van der Waals surface area contributed by atoms with Crippen LogP contribution in [0.1, 0.15) is 46.0 Å². The van der Waals surface area contributed by atoms with Gasteiger partial charge in [-0.1, -0.05) is 33.1 Å². The molecular weight excluding hydrogens is 122 g/mol. The summed E-state index contributed by atoms with van der Waals surface area (Å²) >= 11 is 0. The van der Waals surface area contributed by atoms with E-state index in [-0.39, 0.29) is 0 Å². The number of hydrogen-bond acceptors (Lipinski definition) is 1. The van der Waals surface area contributed by atoms with Crippen LogP contribution < -0.4 is 0 Å². The molecule has 0 saturated carbocycles. The second kappa shape index (κ2) is 6.79. The highest BCUT2D eigenvalue weighted by molar-refractivity contribution is 5.56. The van der Waals surface area contributed by atoms with Crippen LogP contribution in [-0.4, -0.2) is 6.21 Å². The Balaban J connectivity index is 3.29. The van der Waals surface area contributed by atoms with Gasteiger partial charge in [-0.15, -0.1) is 0 Å². The van der Waals surface area contributed by atoms with Crippen molar-refractivity contribution in [2.45, 2.75) is 46.0 Å². The maximum absolute atomic E-state index is 7.12. The molecule has 0 rings (SSSR count). The lowest BCUT2D eigenvalue weighted by atomic mass is 9.99. The van der Waals surface area contributed by atoms with E-state index in [1.807, 2.05) is 0 Å². The van der Waals surface area contributed by atoms with Crippen LogP contribution in [0.4, 0.5) is 0 Å². The predicted molar refractivity (Wildman–Crippen MR) is 46.7 cm³/mol. The van der Waals surface area contributed by atoms with Crippen LogP contribution in [0, 0.1) is 11.3 Å². The van der Waals surface area contributed by atoms with Gasteiger partial charge >= 0.3 is 0 Å². The topological polar surface area (TPSA) is 23.9 Å². The van der Waals surface area contributed by atoms with Crippen molar-refractivity contribution in [3.05, 3.63) is 0 Å². The largest absolute Gasteiger partial charge is 0.313 e. The number of nitrogens with one attached hydrogen (secondary N) is 1. The maximum atomic E-state index is 7.12. The lowest BCUT2D eigenvalue weighted by Crippen LogP contribution is -1.99. The van der Waals surface area contributed by atoms with Crippen molar-refractivity contribution < 1.29 is 0 Å². The zero-order valence-electron chi connectivity index (χ0n) is 7.19. The van der Waals surface area contributed by atoms with Gasteiger partial charge in [-0.3, -0.25) is 0 Å². The molecule has 1 unspecified atom stereocenters. The van der Waals surface area contributed by atoms with Crippen molar-refractivity contribution in [1.29, 1.82) is 5.41 Å². The molecule has 0 amide bonds. The van der Waals surface area contributed by atoms with E-state index in [9.17, 15) is 0 Å². The van der Waals surface area contributed by atoms with Gasteiger partial charge in [-0.05, 0) is 25.0 Å². The second-order valence-electron chi connectivity index (χ2n) is 2.86. The van der Waals surface area contributed by atoms with Crippen molar-refractivity contribution in [1.82, 2.24) is 0 Å². The first-order chi connectivity index (χ1) is 4.85. The summed E-state index contributed by atoms with van der Waals surface area (Å²) in [4.78, 5) is 0. The third-order valence-electron chi connectivity index (χ3n) is 1.82. The van der Waals surface area contributed by atoms with Crippen LogP contribution >= 0.6 is 0 Å². The number of rotatable bonds is 6. The fourth-order valence-corrected chi connectivity index (χ4v) is 1.15. The van der Waals surface area contributed by atoms with Crippen molar-refractivity contribution in [2.24, 2.45) is 5.92 Å². The van der Waals surface area contributed by atoms with Crippen LogP contribution in [-0.2, 0) is 0 Å². The molecule has 0 aromatic heterocycles. The van der Waals surface area contributed by atoms with E-state index in [0.717, 1.165) is 0 Å². The fraction of sp³-hybridized carbons (Fsp3) is 0.889. The molecule has 0 fully saturated rings. The molecule has 1 nitrogen and oxygen atoms in total. The maximum Gasteiger partial charge on any atom is -0.00167 e. The summed E-state index contributed by atoms with van der Waals surface area (Å²) in [7, 11) is 0. The van der Waals surface area contributed by atoms with E-state index in [4.69, 9.17) is 5.41 Å². The highest BCUT2D eigenvalue weighted by Gasteiger charge is 2.01. The van der Waals surface area contributed by atoms with Gasteiger partial charge in [0.05, 0.1) is 0 Å². The molecule has 0 heterocycles. The first-order valence-electron chi connectivity index (χ1n) is 4.35. The van der Waals surface area contributed by atoms with E-state index in [1.165, 1.54) is 32.1 Å². The molecule has 10 heavy (non-hydrogen) atoms. The highest BCUT2D eigenvalue weighted by atomic mass is 14.3. The average molecular weight is 141 g/mol. The Morgan fingerprint density at radius 1 is 1.20 bits per heavy atom. The molecule has 0 bridgehead atoms. The molecule has 0 saturated heterocycles. The smallest absolute Gasteiger partial charge is 0.00167 e. The lowest BCUT2D eigenvalue weighted by molar-refractivity contribution is 0.545. The molecule has 0 aromatic carbocycles. The van der Waals surface area contributed by atoms with Crippen molar-refractivity contribution in [3.63, 3.8) is 0 Å². The Hall–Kier alpha value is -0.330. The van der Waals surface area contributed by atoms with Crippen LogP contribution in [0.2, 0.25) is 0 Å². The Bertz CT molecular complexity index is 78.8. The second-order valence-corrected chi connectivity index (χ2v) is 2.86. The molecule has 0 aliphatic carbocycles. The minimum absolute atomic E-state index is 0.560. The van der Waals surface area contributed by atoms with Gasteiger partial charge in [0.15, 0.2) is 0 Å². The monoisotopic (exact) mass is 141 g/mol. The van der Waals surface area contributed by atoms with Crippen molar-refractivity contribution in [2.75, 3.05) is 0 Å². The molecule has 0 spiro atoms. The quantitative estimate of drug-likeness (QED) is 0.549. The molecule has 0 aliphatic rings. The lowest BCUT2D eigenvalue weighted by Gasteiger charge is -2.07. The molecule has 1 atom stereocenters. The van der Waals surface area contributed by atoms with Gasteiger partial charge in [0, 0.05) is 0 Å². The highest BCUT2D eigenvalue weighted by Crippen LogP contribution is 2.11. The Kier molecular flexibility index (Phi) is 6.56. The van der Waals surface area contributed by atoms with E-state index in [0.29, 0.717) is 5.92 Å². The summed E-state index contributed by atoms with van der Waals surface area (Å²) in [5.41, 5.74) is 0. The fourth-order valence-electron chi connectivity index (χ4n) is 1.15. The third kappa shape index (κ3) is 4.54. The van der Waals surface area contributed by atoms with E-state index in [2.05, 4.69) is 13.8 Å². The average Bonchev–Trinajstić information content (AvgIpc) is 1.98. The summed E-state index contributed by atoms with van der Waals surface area (Å²) in [6.07, 6.45) is 7.77. The standard InChI is InChI=1S/C9H19N/c1-3-5-7-9(8-10)6-4-2/h8-10H,3-7H2,1-2H3. The van der Waals surface area contributed by atoms with Crippen LogP contribution in [0.3, 0.4) is 0 Å². The van der Waals surface area contributed by atoms with Crippen LogP contribution in [0.15, 0.2) is 0 Å². The van der Waals surface area contributed by atoms with Gasteiger partial charge in [-0.2, -0.15) is 0 Å². The van der Waals surface area contributed by atoms with Gasteiger partial charge in [0.1, 0.15) is 0 Å². The zero-order valence-corrected chi connectivity index (χ0v) is 7.19. The molecule has 0 aliphatic heterocycles. The van der Waals surface area contributed by atoms with Crippen molar-refractivity contribution in [3.8, 4) is 0 Å². The molecule has 0 radical (unpaired) electrons. The van der Waals surface area contributed by atoms with Gasteiger partial charge < -0.3 is 5.41 Å². The first kappa shape index (κ1) is 9.67. The summed E-state index contributed by atoms with van der Waals surface area (Å²) in [6.45, 7) is 4.38. The summed E-state index contributed by atoms with van der Waals surface area (Å²) in [5, 5.41) is 7.12. The van der Waals surface area contributed by atoms with Gasteiger partial charge in [0.25, 0.3) is 0 Å². The first-order valence-corrected chi connectivity index (χ1v) is 4.35. The van der Waals surface area contributed by atoms with Gasteiger partial charge in [0.2, 0.25) is 0 Å². The molecule has 0 aromatic rings. The summed E-state index contributed by atoms with van der Waals surface area (Å²) in [5.74, 6) is 0.560. The van der Waals surface area contributed by atoms with E-state index >= 15 is 0 Å². The van der Waals surface area contributed by atoms with Gasteiger partial charge in [-0.25, -0.2) is 0 Å². The molecule has 1 N–H and O–H groups in total. The number of unbranched alkanes of at least 4 members (excludes halogenated alkanes) is 1. The molecular formula is C9H19N. The van der Waals surface area contributed by atoms with E-state index in [1.54, 1.807) is 6.21 Å². The summed E-state index contributed by atoms with van der Waals surface area (Å²) in [6, 6.07) is 0. The Labute approximate surface area is 64.3 Å². The minimum Gasteiger partial charge on any atom is -0.313 e. The summed E-state index contributed by atoms with van der Waals surface area (Å²) < 4.78 is 0. The Morgan fingerprint density at radius 2 is 1.90 bits per heavy atom. The SMILES string of the molecule is CCCCC(C=N)CCC. The van der Waals surface area contributed by atoms with Crippen LogP contribution in [0.25, 0.3) is 0 Å². The minimum atomic E-state index is 0.560. The number of hydrogen-bond donors (Lipinski definition) is 1. The van der Waals surface area contributed by atoms with Crippen molar-refractivity contribution >= 4 is 6.21 Å². The predicted octanol–water partition coefficient (Wildman–Crippen LogP) is 3.24. The third-order valence-corrected chi connectivity index (χ3v) is 1.82. The molecule has 1 heteroatoms. The Morgan fingerprint density at radius 3 is 2.30 bits per heavy atom. The normalized spacial score (nSPS) is 13.0.